The molecule has 11 heteroatoms. The highest BCUT2D eigenvalue weighted by molar-refractivity contribution is 5.95. The van der Waals surface area contributed by atoms with Crippen molar-refractivity contribution >= 4 is 11.6 Å². The van der Waals surface area contributed by atoms with Gasteiger partial charge in [-0.25, -0.2) is 18.7 Å². The van der Waals surface area contributed by atoms with Crippen LogP contribution in [0.5, 0.6) is 0 Å². The molecule has 0 spiro atoms. The van der Waals surface area contributed by atoms with Crippen LogP contribution in [-0.4, -0.2) is 76.4 Å². The molecule has 2 aromatic heterocycles. The fraction of sp³-hybridized carbons (Fsp3) is 0.464. The molecule has 2 saturated heterocycles. The number of carbonyl (C=O) groups is 1. The monoisotopic (exact) mass is 540 g/mol. The van der Waals surface area contributed by atoms with Crippen molar-refractivity contribution in [3.8, 4) is 16.9 Å². The molecule has 2 aliphatic heterocycles. The lowest BCUT2D eigenvalue weighted by atomic mass is 10.00. The molecule has 0 radical (unpaired) electrons. The van der Waals surface area contributed by atoms with Crippen LogP contribution in [0.1, 0.15) is 35.2 Å². The zero-order chi connectivity index (χ0) is 27.1. The molecule has 1 aromatic carbocycles. The van der Waals surface area contributed by atoms with Gasteiger partial charge in [0, 0.05) is 37.8 Å². The number of likely N-dealkylation sites (tertiary alicyclic amines) is 1. The van der Waals surface area contributed by atoms with Crippen LogP contribution in [0.3, 0.4) is 0 Å². The molecular weight excluding hydrogens is 509 g/mol. The average Bonchev–Trinajstić information content (AvgIpc) is 3.56. The number of nitrogens with one attached hydrogen (secondary N) is 2. The molecule has 1 amide bonds. The second kappa shape index (κ2) is 10.6. The number of hydrogen-bond acceptors (Lipinski definition) is 6. The van der Waals surface area contributed by atoms with E-state index >= 15 is 0 Å². The van der Waals surface area contributed by atoms with Gasteiger partial charge < -0.3 is 19.9 Å². The lowest BCUT2D eigenvalue weighted by Crippen LogP contribution is -2.50. The van der Waals surface area contributed by atoms with E-state index in [0.29, 0.717) is 41.5 Å². The summed E-state index contributed by atoms with van der Waals surface area (Å²) in [7, 11) is 0. The minimum absolute atomic E-state index is 0.0513. The maximum Gasteiger partial charge on any atom is 0.254 e. The van der Waals surface area contributed by atoms with Crippen LogP contribution in [0.25, 0.3) is 16.9 Å². The number of imidazole rings is 1. The smallest absolute Gasteiger partial charge is 0.254 e. The topological polar surface area (TPSA) is 84.3 Å². The predicted molar refractivity (Wildman–Crippen MR) is 140 cm³/mol. The molecule has 206 valence electrons. The number of alkyl halides is 1. The van der Waals surface area contributed by atoms with E-state index in [1.54, 1.807) is 23.8 Å². The molecule has 1 aliphatic carbocycles. The van der Waals surface area contributed by atoms with Crippen LogP contribution in [0.2, 0.25) is 0 Å². The Morgan fingerprint density at radius 2 is 1.97 bits per heavy atom. The number of benzene rings is 1. The Balaban J connectivity index is 1.18. The molecule has 39 heavy (non-hydrogen) atoms. The molecule has 2 unspecified atom stereocenters. The van der Waals surface area contributed by atoms with Crippen LogP contribution in [0.4, 0.5) is 18.9 Å². The summed E-state index contributed by atoms with van der Waals surface area (Å²) >= 11 is 0. The highest BCUT2D eigenvalue weighted by Gasteiger charge is 2.32. The average molecular weight is 541 g/mol. The fourth-order valence-electron chi connectivity index (χ4n) is 5.17. The zero-order valence-corrected chi connectivity index (χ0v) is 21.7. The molecule has 2 atom stereocenters. The fourth-order valence-corrected chi connectivity index (χ4v) is 5.17. The highest BCUT2D eigenvalue weighted by atomic mass is 19.1. The van der Waals surface area contributed by atoms with Gasteiger partial charge in [-0.05, 0) is 49.9 Å². The Labute approximate surface area is 224 Å². The summed E-state index contributed by atoms with van der Waals surface area (Å²) in [5.41, 5.74) is 2.07. The van der Waals surface area contributed by atoms with Gasteiger partial charge in [-0.3, -0.25) is 9.69 Å². The van der Waals surface area contributed by atoms with Crippen molar-refractivity contribution < 1.29 is 22.7 Å². The molecule has 3 aliphatic rings. The van der Waals surface area contributed by atoms with Gasteiger partial charge >= 0.3 is 0 Å². The van der Waals surface area contributed by atoms with Crippen molar-refractivity contribution in [2.45, 2.75) is 44.4 Å². The summed E-state index contributed by atoms with van der Waals surface area (Å²) in [4.78, 5) is 22.9. The van der Waals surface area contributed by atoms with Crippen molar-refractivity contribution in [2.24, 2.45) is 5.92 Å². The second-order valence-electron chi connectivity index (χ2n) is 10.8. The molecule has 0 bridgehead atoms. The summed E-state index contributed by atoms with van der Waals surface area (Å²) in [5.74, 6) is -1.28. The zero-order valence-electron chi connectivity index (χ0n) is 21.7. The molecule has 3 aromatic rings. The number of aryl methyl sites for hydroxylation is 1. The van der Waals surface area contributed by atoms with Gasteiger partial charge in [0.1, 0.15) is 12.0 Å². The summed E-state index contributed by atoms with van der Waals surface area (Å²) in [6.45, 7) is 5.18. The van der Waals surface area contributed by atoms with Gasteiger partial charge in [-0.15, -0.1) is 0 Å². The van der Waals surface area contributed by atoms with Crippen molar-refractivity contribution in [2.75, 3.05) is 38.2 Å². The Morgan fingerprint density at radius 3 is 2.69 bits per heavy atom. The van der Waals surface area contributed by atoms with Crippen LogP contribution in [0, 0.1) is 24.6 Å². The van der Waals surface area contributed by atoms with Crippen molar-refractivity contribution in [1.29, 1.82) is 0 Å². The van der Waals surface area contributed by atoms with Crippen molar-refractivity contribution in [3.63, 3.8) is 0 Å². The summed E-state index contributed by atoms with van der Waals surface area (Å²) < 4.78 is 51.2. The van der Waals surface area contributed by atoms with E-state index in [-0.39, 0.29) is 17.2 Å². The first-order chi connectivity index (χ1) is 18.8. The molecule has 8 nitrogen and oxygen atoms in total. The van der Waals surface area contributed by atoms with Gasteiger partial charge in [0.25, 0.3) is 5.91 Å². The second-order valence-corrected chi connectivity index (χ2v) is 10.8. The number of anilines is 1. The van der Waals surface area contributed by atoms with E-state index in [1.165, 1.54) is 24.7 Å². The third-order valence-corrected chi connectivity index (χ3v) is 7.62. The highest BCUT2D eigenvalue weighted by Crippen LogP contribution is 2.28. The number of hydrogen-bond donors (Lipinski definition) is 2. The van der Waals surface area contributed by atoms with Gasteiger partial charge in [0.2, 0.25) is 5.95 Å². The molecule has 2 N–H and O–H groups in total. The van der Waals surface area contributed by atoms with Crippen molar-refractivity contribution in [1.82, 2.24) is 24.8 Å². The number of ether oxygens (including phenoxy) is 1. The minimum atomic E-state index is -1.07. The molecule has 1 saturated carbocycles. The third kappa shape index (κ3) is 5.65. The Bertz CT molecular complexity index is 1370. The third-order valence-electron chi connectivity index (χ3n) is 7.62. The number of carbonyl (C=O) groups excluding carboxylic acids is 1. The molecular formula is C28H31F3N6O2. The maximum absolute atomic E-state index is 15.0. The molecule has 3 fully saturated rings. The minimum Gasteiger partial charge on any atom is -0.381 e. The van der Waals surface area contributed by atoms with Gasteiger partial charge in [-0.1, -0.05) is 0 Å². The first-order valence-corrected chi connectivity index (χ1v) is 13.4. The molecule has 6 rings (SSSR count). The number of aromatic nitrogens is 3. The van der Waals surface area contributed by atoms with E-state index in [2.05, 4.69) is 25.5 Å². The first kappa shape index (κ1) is 25.8. The summed E-state index contributed by atoms with van der Waals surface area (Å²) in [5, 5.41) is 5.99. The Morgan fingerprint density at radius 1 is 1.15 bits per heavy atom. The number of amides is 1. The molecule has 4 heterocycles. The van der Waals surface area contributed by atoms with E-state index in [9.17, 15) is 18.0 Å². The number of pyridine rings is 1. The quantitative estimate of drug-likeness (QED) is 0.422. The Hall–Kier alpha value is -3.44. The SMILES string of the molecule is Cc1cc(F)c(C(=O)NC2CC2)cc1-n1cnc(-c2cc(NC3CCN(CC4COC4)CC3F)cnc2F)c1. The summed E-state index contributed by atoms with van der Waals surface area (Å²) in [6.07, 6.45) is 5.79. The van der Waals surface area contributed by atoms with E-state index in [0.717, 1.165) is 39.1 Å². The van der Waals surface area contributed by atoms with E-state index in [1.807, 2.05) is 0 Å². The first-order valence-electron chi connectivity index (χ1n) is 13.4. The number of piperidine rings is 1. The maximum atomic E-state index is 15.0. The lowest BCUT2D eigenvalue weighted by Gasteiger charge is -2.38. The van der Waals surface area contributed by atoms with Crippen LogP contribution < -0.4 is 10.6 Å². The predicted octanol–water partition coefficient (Wildman–Crippen LogP) is 3.88. The van der Waals surface area contributed by atoms with Gasteiger partial charge in [0.15, 0.2) is 0 Å². The standard InChI is InChI=1S/C28H31F3N6O2/c1-16-6-22(29)20(28(38)35-18-2-3-18)8-26(16)37-12-25(33-15-37)21-7-19(9-32-27(21)31)34-24-4-5-36(11-23(24)30)10-17-13-39-14-17/h6-9,12,15,17-18,23-24,34H,2-5,10-11,13-14H2,1H3,(H,35,38). The van der Waals surface area contributed by atoms with Gasteiger partial charge in [0.05, 0.1) is 60.0 Å². The van der Waals surface area contributed by atoms with Crippen LogP contribution in [0.15, 0.2) is 36.9 Å². The summed E-state index contributed by atoms with van der Waals surface area (Å²) in [6, 6.07) is 4.05. The van der Waals surface area contributed by atoms with Crippen LogP contribution >= 0.6 is 0 Å². The van der Waals surface area contributed by atoms with Crippen LogP contribution in [-0.2, 0) is 4.74 Å². The normalized spacial score (nSPS) is 21.9. The van der Waals surface area contributed by atoms with Gasteiger partial charge in [-0.2, -0.15) is 4.39 Å². The number of nitrogens with zero attached hydrogens (tertiary/aromatic N) is 4. The Kier molecular flexibility index (Phi) is 7.03. The largest absolute Gasteiger partial charge is 0.381 e. The van der Waals surface area contributed by atoms with E-state index in [4.69, 9.17) is 4.74 Å². The lowest BCUT2D eigenvalue weighted by molar-refractivity contribution is -0.0521. The number of rotatable bonds is 8. The van der Waals surface area contributed by atoms with E-state index < -0.39 is 29.9 Å². The number of halogens is 3. The van der Waals surface area contributed by atoms with Crippen molar-refractivity contribution in [3.05, 3.63) is 59.8 Å².